The van der Waals surface area contributed by atoms with E-state index in [1.165, 1.54) is 38.5 Å². The molecule has 2 atom stereocenters. The Morgan fingerprint density at radius 2 is 1.67 bits per heavy atom. The highest BCUT2D eigenvalue weighted by Gasteiger charge is 2.39. The summed E-state index contributed by atoms with van der Waals surface area (Å²) in [5.74, 6) is 0.396. The van der Waals surface area contributed by atoms with E-state index in [0.29, 0.717) is 5.91 Å². The van der Waals surface area contributed by atoms with Crippen LogP contribution in [0.5, 0.6) is 0 Å². The van der Waals surface area contributed by atoms with Gasteiger partial charge in [-0.15, -0.1) is 0 Å². The van der Waals surface area contributed by atoms with E-state index >= 15 is 0 Å². The zero-order valence-electron chi connectivity index (χ0n) is 11.8. The van der Waals surface area contributed by atoms with Crippen LogP contribution < -0.4 is 5.73 Å². The fraction of sp³-hybridized carbons (Fsp3) is 0.933. The van der Waals surface area contributed by atoms with Crippen LogP contribution in [-0.4, -0.2) is 29.4 Å². The molecule has 0 bridgehead atoms. The molecule has 3 nitrogen and oxygen atoms in total. The van der Waals surface area contributed by atoms with Gasteiger partial charge in [-0.1, -0.05) is 32.1 Å². The van der Waals surface area contributed by atoms with E-state index in [0.717, 1.165) is 32.4 Å². The molecule has 1 saturated heterocycles. The van der Waals surface area contributed by atoms with Gasteiger partial charge < -0.3 is 10.6 Å². The lowest BCUT2D eigenvalue weighted by Gasteiger charge is -2.40. The van der Waals surface area contributed by atoms with Gasteiger partial charge in [-0.25, -0.2) is 0 Å². The molecule has 0 radical (unpaired) electrons. The predicted octanol–water partition coefficient (Wildman–Crippen LogP) is 2.69. The smallest absolute Gasteiger partial charge is 0.227 e. The normalized spacial score (nSPS) is 34.8. The molecule has 104 valence electrons. The number of rotatable bonds is 1. The molecule has 2 fully saturated rings. The third-order valence-corrected chi connectivity index (χ3v) is 4.72. The Bertz CT molecular complexity index is 280. The Kier molecular flexibility index (Phi) is 4.66. The van der Waals surface area contributed by atoms with Gasteiger partial charge in [0.2, 0.25) is 5.91 Å². The maximum Gasteiger partial charge on any atom is 0.227 e. The first-order chi connectivity index (χ1) is 8.61. The van der Waals surface area contributed by atoms with Crippen LogP contribution in [0.4, 0.5) is 0 Å². The summed E-state index contributed by atoms with van der Waals surface area (Å²) in [4.78, 5) is 14.8. The van der Waals surface area contributed by atoms with Crippen LogP contribution in [-0.2, 0) is 4.79 Å². The summed E-state index contributed by atoms with van der Waals surface area (Å²) >= 11 is 0. The summed E-state index contributed by atoms with van der Waals surface area (Å²) in [5, 5.41) is 0. The van der Waals surface area contributed by atoms with Crippen LogP contribution >= 0.6 is 0 Å². The molecule has 18 heavy (non-hydrogen) atoms. The minimum Gasteiger partial charge on any atom is -0.342 e. The molecule has 1 amide bonds. The van der Waals surface area contributed by atoms with E-state index < -0.39 is 0 Å². The molecule has 0 aromatic heterocycles. The van der Waals surface area contributed by atoms with Gasteiger partial charge in [0.05, 0.1) is 5.92 Å². The maximum atomic E-state index is 12.7. The van der Waals surface area contributed by atoms with Crippen LogP contribution in [0.25, 0.3) is 0 Å². The van der Waals surface area contributed by atoms with Crippen molar-refractivity contribution in [1.82, 2.24) is 4.90 Å². The van der Waals surface area contributed by atoms with Crippen LogP contribution in [0.1, 0.15) is 64.7 Å². The van der Waals surface area contributed by atoms with E-state index in [4.69, 9.17) is 5.73 Å². The van der Waals surface area contributed by atoms with Gasteiger partial charge in [0.1, 0.15) is 0 Å². The third kappa shape index (κ3) is 3.25. The number of carbonyl (C=O) groups is 1. The molecule has 0 spiro atoms. The predicted molar refractivity (Wildman–Crippen MR) is 74.2 cm³/mol. The Morgan fingerprint density at radius 3 is 2.28 bits per heavy atom. The van der Waals surface area contributed by atoms with Crippen molar-refractivity contribution in [2.45, 2.75) is 70.3 Å². The molecule has 1 saturated carbocycles. The lowest BCUT2D eigenvalue weighted by molar-refractivity contribution is -0.139. The second-order valence-corrected chi connectivity index (χ2v) is 6.40. The number of nitrogens with two attached hydrogens (primary N) is 1. The number of carbonyl (C=O) groups excluding carboxylic acids is 1. The van der Waals surface area contributed by atoms with E-state index in [9.17, 15) is 4.79 Å². The molecule has 2 rings (SSSR count). The van der Waals surface area contributed by atoms with Gasteiger partial charge in [0.25, 0.3) is 0 Å². The van der Waals surface area contributed by atoms with Gasteiger partial charge >= 0.3 is 0 Å². The van der Waals surface area contributed by atoms with Crippen molar-refractivity contribution in [3.05, 3.63) is 0 Å². The van der Waals surface area contributed by atoms with Crippen LogP contribution in [0.15, 0.2) is 0 Å². The SMILES string of the molecule is CC1(N)CCCCC1C(=O)N1CCCCCCC1. The molecule has 0 aromatic carbocycles. The first-order valence-corrected chi connectivity index (χ1v) is 7.69. The van der Waals surface area contributed by atoms with Crippen molar-refractivity contribution in [3.63, 3.8) is 0 Å². The zero-order chi connectivity index (χ0) is 13.0. The molecule has 2 aliphatic rings. The van der Waals surface area contributed by atoms with Crippen molar-refractivity contribution < 1.29 is 4.79 Å². The molecule has 1 aliphatic heterocycles. The summed E-state index contributed by atoms with van der Waals surface area (Å²) < 4.78 is 0. The van der Waals surface area contributed by atoms with Crippen LogP contribution in [0, 0.1) is 5.92 Å². The monoisotopic (exact) mass is 252 g/mol. The highest BCUT2D eigenvalue weighted by Crippen LogP contribution is 2.33. The Balaban J connectivity index is 1.99. The summed E-state index contributed by atoms with van der Waals surface area (Å²) in [6.07, 6.45) is 10.5. The molecule has 0 aromatic rings. The molecular weight excluding hydrogens is 224 g/mol. The minimum atomic E-state index is -0.280. The highest BCUT2D eigenvalue weighted by atomic mass is 16.2. The zero-order valence-corrected chi connectivity index (χ0v) is 11.8. The minimum absolute atomic E-state index is 0.0608. The second-order valence-electron chi connectivity index (χ2n) is 6.40. The van der Waals surface area contributed by atoms with Crippen molar-refractivity contribution >= 4 is 5.91 Å². The maximum absolute atomic E-state index is 12.7. The van der Waals surface area contributed by atoms with Crippen molar-refractivity contribution in [2.24, 2.45) is 11.7 Å². The number of likely N-dealkylation sites (tertiary alicyclic amines) is 1. The largest absolute Gasteiger partial charge is 0.342 e. The van der Waals surface area contributed by atoms with Gasteiger partial charge in [-0.3, -0.25) is 4.79 Å². The molecule has 1 aliphatic carbocycles. The van der Waals surface area contributed by atoms with Gasteiger partial charge in [-0.05, 0) is 32.6 Å². The van der Waals surface area contributed by atoms with Gasteiger partial charge in [0, 0.05) is 18.6 Å². The van der Waals surface area contributed by atoms with Crippen molar-refractivity contribution in [2.75, 3.05) is 13.1 Å². The Labute approximate surface area is 111 Å². The van der Waals surface area contributed by atoms with E-state index in [2.05, 4.69) is 11.8 Å². The Hall–Kier alpha value is -0.570. The fourth-order valence-electron chi connectivity index (χ4n) is 3.45. The lowest BCUT2D eigenvalue weighted by atomic mass is 9.74. The average Bonchev–Trinajstić information content (AvgIpc) is 2.27. The molecule has 2 N–H and O–H groups in total. The quantitative estimate of drug-likeness (QED) is 0.780. The number of hydrogen-bond acceptors (Lipinski definition) is 2. The van der Waals surface area contributed by atoms with Crippen molar-refractivity contribution in [3.8, 4) is 0 Å². The standard InChI is InChI=1S/C15H28N2O/c1-15(16)10-6-5-9-13(15)14(18)17-11-7-3-2-4-8-12-17/h13H,2-12,16H2,1H3. The van der Waals surface area contributed by atoms with Crippen LogP contribution in [0.3, 0.4) is 0 Å². The number of nitrogens with zero attached hydrogens (tertiary/aromatic N) is 1. The van der Waals surface area contributed by atoms with Gasteiger partial charge in [-0.2, -0.15) is 0 Å². The lowest BCUT2D eigenvalue weighted by Crippen LogP contribution is -2.54. The summed E-state index contributed by atoms with van der Waals surface area (Å²) in [6.45, 7) is 3.97. The fourth-order valence-corrected chi connectivity index (χ4v) is 3.45. The molecule has 2 unspecified atom stereocenters. The summed E-state index contributed by atoms with van der Waals surface area (Å²) in [5.41, 5.74) is 6.07. The number of amides is 1. The summed E-state index contributed by atoms with van der Waals surface area (Å²) in [7, 11) is 0. The number of hydrogen-bond donors (Lipinski definition) is 1. The average molecular weight is 252 g/mol. The van der Waals surface area contributed by atoms with Crippen LogP contribution in [0.2, 0.25) is 0 Å². The molecular formula is C15H28N2O. The topological polar surface area (TPSA) is 46.3 Å². The Morgan fingerprint density at radius 1 is 1.06 bits per heavy atom. The van der Waals surface area contributed by atoms with Gasteiger partial charge in [0.15, 0.2) is 0 Å². The van der Waals surface area contributed by atoms with E-state index in [1.807, 2.05) is 0 Å². The summed E-state index contributed by atoms with van der Waals surface area (Å²) in [6, 6.07) is 0. The first kappa shape index (κ1) is 13.9. The van der Waals surface area contributed by atoms with E-state index in [1.54, 1.807) is 0 Å². The first-order valence-electron chi connectivity index (χ1n) is 7.69. The highest BCUT2D eigenvalue weighted by molar-refractivity contribution is 5.80. The van der Waals surface area contributed by atoms with Crippen molar-refractivity contribution in [1.29, 1.82) is 0 Å². The third-order valence-electron chi connectivity index (χ3n) is 4.72. The molecule has 1 heterocycles. The second kappa shape index (κ2) is 6.05. The molecule has 3 heteroatoms. The van der Waals surface area contributed by atoms with E-state index in [-0.39, 0.29) is 11.5 Å².